The van der Waals surface area contributed by atoms with Gasteiger partial charge in [-0.05, 0) is 42.1 Å². The second kappa shape index (κ2) is 7.78. The van der Waals surface area contributed by atoms with Crippen LogP contribution in [0.15, 0.2) is 64.6 Å². The summed E-state index contributed by atoms with van der Waals surface area (Å²) in [5, 5.41) is 1.92. The zero-order chi connectivity index (χ0) is 18.6. The lowest BCUT2D eigenvalue weighted by molar-refractivity contribution is -0.138. The number of furan rings is 1. The fourth-order valence-electron chi connectivity index (χ4n) is 2.63. The first kappa shape index (κ1) is 18.3. The van der Waals surface area contributed by atoms with Gasteiger partial charge in [0.15, 0.2) is 0 Å². The molecule has 3 aromatic rings. The molecule has 0 bridgehead atoms. The molecule has 136 valence electrons. The maximum absolute atomic E-state index is 13.3. The van der Waals surface area contributed by atoms with Crippen LogP contribution in [-0.2, 0) is 19.1 Å². The summed E-state index contributed by atoms with van der Waals surface area (Å²) in [5.74, 6) is -0.139. The highest BCUT2D eigenvalue weighted by molar-refractivity contribution is 7.09. The Kier molecular flexibility index (Phi) is 5.46. The van der Waals surface area contributed by atoms with Crippen molar-refractivity contribution in [3.8, 4) is 0 Å². The Hall–Kier alpha value is -2.54. The highest BCUT2D eigenvalue weighted by Crippen LogP contribution is 2.32. The fourth-order valence-corrected chi connectivity index (χ4v) is 3.33. The third kappa shape index (κ3) is 4.35. The molecule has 0 aliphatic rings. The van der Waals surface area contributed by atoms with E-state index in [1.165, 1.54) is 29.4 Å². The minimum atomic E-state index is -4.59. The Morgan fingerprint density at radius 1 is 1.08 bits per heavy atom. The van der Waals surface area contributed by atoms with Gasteiger partial charge in [0.2, 0.25) is 0 Å². The van der Waals surface area contributed by atoms with Crippen LogP contribution in [-0.4, -0.2) is 17.4 Å². The molecular weight excluding hydrogens is 363 g/mol. The Morgan fingerprint density at radius 2 is 1.88 bits per heavy atom. The van der Waals surface area contributed by atoms with E-state index in [-0.39, 0.29) is 12.1 Å². The van der Waals surface area contributed by atoms with Gasteiger partial charge in [-0.1, -0.05) is 18.2 Å². The molecule has 0 fully saturated rings. The molecule has 0 spiro atoms. The summed E-state index contributed by atoms with van der Waals surface area (Å²) in [5.41, 5.74) is -1.27. The van der Waals surface area contributed by atoms with Crippen LogP contribution < -0.4 is 0 Å². The number of carbonyl (C=O) groups excluding carboxylic acids is 1. The highest BCUT2D eigenvalue weighted by atomic mass is 32.1. The van der Waals surface area contributed by atoms with Crippen LogP contribution in [0.5, 0.6) is 0 Å². The largest absolute Gasteiger partial charge is 0.467 e. The van der Waals surface area contributed by atoms with E-state index in [0.29, 0.717) is 18.7 Å². The van der Waals surface area contributed by atoms with Gasteiger partial charge in [-0.15, -0.1) is 11.3 Å². The first-order chi connectivity index (χ1) is 12.4. The number of hydrogen-bond donors (Lipinski definition) is 0. The predicted molar refractivity (Wildman–Crippen MR) is 92.9 cm³/mol. The number of benzene rings is 1. The van der Waals surface area contributed by atoms with Gasteiger partial charge >= 0.3 is 6.18 Å². The SMILES string of the molecule is O=C(c1ccccc1C(F)(F)F)N(CCc1cccs1)Cc1ccco1. The maximum atomic E-state index is 13.3. The van der Waals surface area contributed by atoms with Gasteiger partial charge in [0.25, 0.3) is 5.91 Å². The summed E-state index contributed by atoms with van der Waals surface area (Å²) < 4.78 is 45.1. The number of alkyl halides is 3. The molecule has 0 radical (unpaired) electrons. The van der Waals surface area contributed by atoms with Crippen LogP contribution >= 0.6 is 11.3 Å². The molecule has 3 rings (SSSR count). The van der Waals surface area contributed by atoms with E-state index in [1.807, 2.05) is 17.5 Å². The summed E-state index contributed by atoms with van der Waals surface area (Å²) in [6.07, 6.45) is -2.55. The lowest BCUT2D eigenvalue weighted by Gasteiger charge is -2.23. The zero-order valence-corrected chi connectivity index (χ0v) is 14.5. The molecule has 1 aromatic carbocycles. The monoisotopic (exact) mass is 379 g/mol. The van der Waals surface area contributed by atoms with Crippen molar-refractivity contribution in [1.29, 1.82) is 0 Å². The molecule has 0 aliphatic carbocycles. The third-order valence-electron chi connectivity index (χ3n) is 3.89. The first-order valence-corrected chi connectivity index (χ1v) is 8.83. The van der Waals surface area contributed by atoms with Crippen LogP contribution in [0, 0.1) is 0 Å². The van der Waals surface area contributed by atoms with Crippen LogP contribution in [0.25, 0.3) is 0 Å². The average molecular weight is 379 g/mol. The second-order valence-corrected chi connectivity index (χ2v) is 6.71. The molecular formula is C19H16F3NO2S. The molecule has 3 nitrogen and oxygen atoms in total. The van der Waals surface area contributed by atoms with E-state index < -0.39 is 17.6 Å². The third-order valence-corrected chi connectivity index (χ3v) is 4.82. The lowest BCUT2D eigenvalue weighted by Crippen LogP contribution is -2.33. The van der Waals surface area contributed by atoms with Crippen molar-refractivity contribution in [2.45, 2.75) is 19.1 Å². The van der Waals surface area contributed by atoms with Crippen molar-refractivity contribution in [3.05, 3.63) is 81.9 Å². The van der Waals surface area contributed by atoms with E-state index in [4.69, 9.17) is 4.42 Å². The molecule has 0 aliphatic heterocycles. The highest BCUT2D eigenvalue weighted by Gasteiger charge is 2.36. The van der Waals surface area contributed by atoms with E-state index >= 15 is 0 Å². The van der Waals surface area contributed by atoms with Crippen LogP contribution in [0.3, 0.4) is 0 Å². The minimum Gasteiger partial charge on any atom is -0.467 e. The van der Waals surface area contributed by atoms with Crippen LogP contribution in [0.2, 0.25) is 0 Å². The summed E-state index contributed by atoms with van der Waals surface area (Å²) in [4.78, 5) is 15.3. The van der Waals surface area contributed by atoms with Gasteiger partial charge in [-0.2, -0.15) is 13.2 Å². The molecule has 0 saturated carbocycles. The standard InChI is InChI=1S/C19H16F3NO2S/c20-19(21,22)17-8-2-1-7-16(17)18(24)23(13-14-5-3-11-25-14)10-9-15-6-4-12-26-15/h1-8,11-12H,9-10,13H2. The zero-order valence-electron chi connectivity index (χ0n) is 13.7. The lowest BCUT2D eigenvalue weighted by atomic mass is 10.1. The van der Waals surface area contributed by atoms with E-state index in [2.05, 4.69) is 0 Å². The smallest absolute Gasteiger partial charge is 0.417 e. The first-order valence-electron chi connectivity index (χ1n) is 7.95. The van der Waals surface area contributed by atoms with E-state index in [1.54, 1.807) is 23.5 Å². The van der Waals surface area contributed by atoms with Crippen LogP contribution in [0.1, 0.15) is 26.6 Å². The van der Waals surface area contributed by atoms with Crippen molar-refractivity contribution in [2.75, 3.05) is 6.54 Å². The maximum Gasteiger partial charge on any atom is 0.417 e. The van der Waals surface area contributed by atoms with Gasteiger partial charge in [0.1, 0.15) is 5.76 Å². The van der Waals surface area contributed by atoms with E-state index in [9.17, 15) is 18.0 Å². The van der Waals surface area contributed by atoms with Crippen LogP contribution in [0.4, 0.5) is 13.2 Å². The summed E-state index contributed by atoms with van der Waals surface area (Å²) in [7, 11) is 0. The molecule has 0 atom stereocenters. The minimum absolute atomic E-state index is 0.114. The van der Waals surface area contributed by atoms with Crippen molar-refractivity contribution < 1.29 is 22.4 Å². The van der Waals surface area contributed by atoms with Gasteiger partial charge in [-0.25, -0.2) is 0 Å². The normalized spacial score (nSPS) is 11.5. The molecule has 7 heteroatoms. The molecule has 0 saturated heterocycles. The summed E-state index contributed by atoms with van der Waals surface area (Å²) in [6, 6.07) is 12.1. The number of amides is 1. The van der Waals surface area contributed by atoms with Gasteiger partial charge in [0, 0.05) is 11.4 Å². The van der Waals surface area contributed by atoms with Crippen molar-refractivity contribution in [2.24, 2.45) is 0 Å². The number of halogens is 3. The fraction of sp³-hybridized carbons (Fsp3) is 0.211. The average Bonchev–Trinajstić information content (AvgIpc) is 3.31. The van der Waals surface area contributed by atoms with Crippen molar-refractivity contribution >= 4 is 17.2 Å². The Bertz CT molecular complexity index is 842. The molecule has 2 heterocycles. The second-order valence-electron chi connectivity index (χ2n) is 5.68. The van der Waals surface area contributed by atoms with E-state index in [0.717, 1.165) is 10.9 Å². The quantitative estimate of drug-likeness (QED) is 0.586. The number of hydrogen-bond acceptors (Lipinski definition) is 3. The predicted octanol–water partition coefficient (Wildman–Crippen LogP) is 5.25. The number of rotatable bonds is 6. The molecule has 0 N–H and O–H groups in total. The Labute approximate surface area is 152 Å². The number of thiophene rings is 1. The molecule has 1 amide bonds. The Balaban J connectivity index is 1.87. The van der Waals surface area contributed by atoms with Crippen molar-refractivity contribution in [3.63, 3.8) is 0 Å². The van der Waals surface area contributed by atoms with Gasteiger partial charge in [0.05, 0.1) is 23.9 Å². The molecule has 0 unspecified atom stereocenters. The summed E-state index contributed by atoms with van der Waals surface area (Å²) in [6.45, 7) is 0.412. The van der Waals surface area contributed by atoms with Crippen molar-refractivity contribution in [1.82, 2.24) is 4.90 Å². The molecule has 26 heavy (non-hydrogen) atoms. The van der Waals surface area contributed by atoms with Gasteiger partial charge < -0.3 is 9.32 Å². The molecule has 2 aromatic heterocycles. The number of carbonyl (C=O) groups is 1. The topological polar surface area (TPSA) is 33.5 Å². The Morgan fingerprint density at radius 3 is 2.54 bits per heavy atom. The summed E-state index contributed by atoms with van der Waals surface area (Å²) >= 11 is 1.55. The number of nitrogens with zero attached hydrogens (tertiary/aromatic N) is 1. The van der Waals surface area contributed by atoms with Gasteiger partial charge in [-0.3, -0.25) is 4.79 Å².